The smallest absolute Gasteiger partial charge is 0.329 e. The van der Waals surface area contributed by atoms with Crippen molar-refractivity contribution in [2.75, 3.05) is 0 Å². The summed E-state index contributed by atoms with van der Waals surface area (Å²) in [6.07, 6.45) is 0.712. The minimum absolute atomic E-state index is 0.341. The number of carbonyl (C=O) groups excluding carboxylic acids is 1. The Morgan fingerprint density at radius 3 is 2.00 bits per heavy atom. The highest BCUT2D eigenvalue weighted by Gasteiger charge is 2.36. The maximum atomic E-state index is 12.2. The molecule has 0 aliphatic carbocycles. The molecule has 20 heavy (non-hydrogen) atoms. The number of rotatable bonds is 6. The van der Waals surface area contributed by atoms with Gasteiger partial charge in [0.25, 0.3) is 5.91 Å². The second-order valence-corrected chi connectivity index (χ2v) is 5.33. The first-order valence-electron chi connectivity index (χ1n) is 7.02. The molecular formula is C16H23NO3. The molecule has 0 aliphatic heterocycles. The van der Waals surface area contributed by atoms with E-state index >= 15 is 0 Å². The molecule has 4 nitrogen and oxygen atoms in total. The van der Waals surface area contributed by atoms with Crippen LogP contribution in [-0.2, 0) is 4.79 Å². The summed E-state index contributed by atoms with van der Waals surface area (Å²) in [7, 11) is 0. The molecule has 0 heterocycles. The Kier molecular flexibility index (Phi) is 5.31. The number of hydrogen-bond acceptors (Lipinski definition) is 2. The summed E-state index contributed by atoms with van der Waals surface area (Å²) in [4.78, 5) is 23.6. The first kappa shape index (κ1) is 16.2. The molecular weight excluding hydrogens is 254 g/mol. The van der Waals surface area contributed by atoms with E-state index in [4.69, 9.17) is 0 Å². The van der Waals surface area contributed by atoms with Crippen LogP contribution in [0.2, 0.25) is 0 Å². The summed E-state index contributed by atoms with van der Waals surface area (Å²) >= 11 is 0. The van der Waals surface area contributed by atoms with Crippen molar-refractivity contribution in [2.24, 2.45) is 0 Å². The van der Waals surface area contributed by atoms with E-state index in [1.807, 2.05) is 12.1 Å². The molecule has 0 radical (unpaired) electrons. The highest BCUT2D eigenvalue weighted by molar-refractivity contribution is 5.97. The van der Waals surface area contributed by atoms with Crippen LogP contribution in [0.15, 0.2) is 24.3 Å². The van der Waals surface area contributed by atoms with Crippen LogP contribution in [0.4, 0.5) is 0 Å². The van der Waals surface area contributed by atoms with E-state index in [9.17, 15) is 14.7 Å². The number of aliphatic carboxylic acids is 1. The first-order chi connectivity index (χ1) is 9.36. The summed E-state index contributed by atoms with van der Waals surface area (Å²) in [5.74, 6) is -0.933. The van der Waals surface area contributed by atoms with Crippen LogP contribution in [0, 0.1) is 0 Å². The molecule has 1 aromatic carbocycles. The number of benzene rings is 1. The first-order valence-corrected chi connectivity index (χ1v) is 7.02. The Morgan fingerprint density at radius 1 is 1.15 bits per heavy atom. The molecule has 0 unspecified atom stereocenters. The fraction of sp³-hybridized carbons (Fsp3) is 0.500. The lowest BCUT2D eigenvalue weighted by Crippen LogP contribution is -2.53. The standard InChI is InChI=1S/C16H23NO3/c1-5-16(6-2,15(19)20)17-14(18)13-9-7-12(8-10-13)11(3)4/h7-11H,5-6H2,1-4H3,(H,17,18)(H,19,20). The average molecular weight is 277 g/mol. The maximum Gasteiger partial charge on any atom is 0.329 e. The van der Waals surface area contributed by atoms with Crippen molar-refractivity contribution in [1.82, 2.24) is 5.32 Å². The molecule has 0 bridgehead atoms. The van der Waals surface area contributed by atoms with Crippen molar-refractivity contribution in [3.8, 4) is 0 Å². The summed E-state index contributed by atoms with van der Waals surface area (Å²) in [5, 5.41) is 12.0. The topological polar surface area (TPSA) is 66.4 Å². The Balaban J connectivity index is 2.92. The van der Waals surface area contributed by atoms with E-state index in [2.05, 4.69) is 19.2 Å². The summed E-state index contributed by atoms with van der Waals surface area (Å²) < 4.78 is 0. The highest BCUT2D eigenvalue weighted by atomic mass is 16.4. The number of nitrogens with one attached hydrogen (secondary N) is 1. The van der Waals surface area contributed by atoms with Gasteiger partial charge in [0.15, 0.2) is 0 Å². The molecule has 1 rings (SSSR count). The molecule has 110 valence electrons. The molecule has 0 atom stereocenters. The van der Waals surface area contributed by atoms with Crippen LogP contribution in [-0.4, -0.2) is 22.5 Å². The third-order valence-corrected chi connectivity index (χ3v) is 3.81. The fourth-order valence-electron chi connectivity index (χ4n) is 2.09. The lowest BCUT2D eigenvalue weighted by molar-refractivity contribution is -0.144. The minimum Gasteiger partial charge on any atom is -0.480 e. The van der Waals surface area contributed by atoms with E-state index in [1.54, 1.807) is 26.0 Å². The van der Waals surface area contributed by atoms with Gasteiger partial charge in [-0.1, -0.05) is 39.8 Å². The van der Waals surface area contributed by atoms with E-state index in [-0.39, 0.29) is 5.91 Å². The van der Waals surface area contributed by atoms with Gasteiger partial charge in [0.2, 0.25) is 0 Å². The van der Waals surface area contributed by atoms with Gasteiger partial charge in [0.05, 0.1) is 0 Å². The van der Waals surface area contributed by atoms with Crippen molar-refractivity contribution >= 4 is 11.9 Å². The lowest BCUT2D eigenvalue weighted by Gasteiger charge is -2.28. The van der Waals surface area contributed by atoms with Crippen LogP contribution in [0.3, 0.4) is 0 Å². The largest absolute Gasteiger partial charge is 0.480 e. The van der Waals surface area contributed by atoms with Crippen LogP contribution in [0.25, 0.3) is 0 Å². The quantitative estimate of drug-likeness (QED) is 0.839. The van der Waals surface area contributed by atoms with Gasteiger partial charge in [-0.15, -0.1) is 0 Å². The molecule has 2 N–H and O–H groups in total. The monoisotopic (exact) mass is 277 g/mol. The third-order valence-electron chi connectivity index (χ3n) is 3.81. The van der Waals surface area contributed by atoms with E-state index < -0.39 is 11.5 Å². The number of hydrogen-bond donors (Lipinski definition) is 2. The number of carbonyl (C=O) groups is 2. The Bertz CT molecular complexity index is 473. The predicted octanol–water partition coefficient (Wildman–Crippen LogP) is 3.18. The zero-order chi connectivity index (χ0) is 15.3. The number of carboxylic acids is 1. The SMILES string of the molecule is CCC(CC)(NC(=O)c1ccc(C(C)C)cc1)C(=O)O. The van der Waals surface area contributed by atoms with Crippen LogP contribution >= 0.6 is 0 Å². The summed E-state index contributed by atoms with van der Waals surface area (Å²) in [6.45, 7) is 7.69. The second-order valence-electron chi connectivity index (χ2n) is 5.33. The highest BCUT2D eigenvalue weighted by Crippen LogP contribution is 2.18. The van der Waals surface area contributed by atoms with Crippen molar-refractivity contribution in [2.45, 2.75) is 52.0 Å². The van der Waals surface area contributed by atoms with Crippen molar-refractivity contribution in [3.63, 3.8) is 0 Å². The maximum absolute atomic E-state index is 12.2. The number of amides is 1. The molecule has 0 saturated heterocycles. The van der Waals surface area contributed by atoms with Crippen LogP contribution < -0.4 is 5.32 Å². The van der Waals surface area contributed by atoms with Gasteiger partial charge in [-0.05, 0) is 36.5 Å². The predicted molar refractivity (Wildman–Crippen MR) is 78.9 cm³/mol. The molecule has 4 heteroatoms. The average Bonchev–Trinajstić information content (AvgIpc) is 2.44. The Hall–Kier alpha value is -1.84. The number of carboxylic acid groups (broad SMARTS) is 1. The van der Waals surface area contributed by atoms with Crippen LogP contribution in [0.5, 0.6) is 0 Å². The zero-order valence-corrected chi connectivity index (χ0v) is 12.6. The van der Waals surface area contributed by atoms with Gasteiger partial charge in [-0.2, -0.15) is 0 Å². The summed E-state index contributed by atoms with van der Waals surface area (Å²) in [5.41, 5.74) is 0.451. The van der Waals surface area contributed by atoms with Gasteiger partial charge in [0, 0.05) is 5.56 Å². The normalized spacial score (nSPS) is 11.4. The van der Waals surface area contributed by atoms with Crippen molar-refractivity contribution < 1.29 is 14.7 Å². The van der Waals surface area contributed by atoms with E-state index in [0.29, 0.717) is 24.3 Å². The van der Waals surface area contributed by atoms with Gasteiger partial charge in [0.1, 0.15) is 5.54 Å². The van der Waals surface area contributed by atoms with Crippen molar-refractivity contribution in [3.05, 3.63) is 35.4 Å². The molecule has 1 amide bonds. The molecule has 0 aromatic heterocycles. The minimum atomic E-state index is -1.19. The van der Waals surface area contributed by atoms with Crippen LogP contribution in [0.1, 0.15) is 62.4 Å². The van der Waals surface area contributed by atoms with Gasteiger partial charge in [-0.25, -0.2) is 4.79 Å². The van der Waals surface area contributed by atoms with Gasteiger partial charge >= 0.3 is 5.97 Å². The molecule has 0 spiro atoms. The molecule has 0 aliphatic rings. The van der Waals surface area contributed by atoms with E-state index in [0.717, 1.165) is 5.56 Å². The molecule has 0 fully saturated rings. The summed E-state index contributed by atoms with van der Waals surface area (Å²) in [6, 6.07) is 7.28. The molecule has 1 aromatic rings. The zero-order valence-electron chi connectivity index (χ0n) is 12.6. The lowest BCUT2D eigenvalue weighted by atomic mass is 9.92. The van der Waals surface area contributed by atoms with Gasteiger partial charge in [-0.3, -0.25) is 4.79 Å². The Labute approximate surface area is 120 Å². The van der Waals surface area contributed by atoms with E-state index in [1.165, 1.54) is 0 Å². The fourth-order valence-corrected chi connectivity index (χ4v) is 2.09. The Morgan fingerprint density at radius 2 is 1.65 bits per heavy atom. The molecule has 0 saturated carbocycles. The second kappa shape index (κ2) is 6.55. The third kappa shape index (κ3) is 3.38. The van der Waals surface area contributed by atoms with Gasteiger partial charge < -0.3 is 10.4 Å². The van der Waals surface area contributed by atoms with Crippen molar-refractivity contribution in [1.29, 1.82) is 0 Å².